The van der Waals surface area contributed by atoms with Crippen LogP contribution >= 0.6 is 11.8 Å². The van der Waals surface area contributed by atoms with Crippen molar-refractivity contribution < 1.29 is 4.42 Å². The molecule has 4 nitrogen and oxygen atoms in total. The maximum atomic E-state index is 5.78. The molecule has 1 aromatic carbocycles. The topological polar surface area (TPSA) is 42.2 Å². The van der Waals surface area contributed by atoms with Crippen molar-refractivity contribution in [2.24, 2.45) is 5.92 Å². The van der Waals surface area contributed by atoms with Crippen LogP contribution in [0, 0.1) is 5.92 Å². The van der Waals surface area contributed by atoms with E-state index >= 15 is 0 Å². The zero-order valence-corrected chi connectivity index (χ0v) is 14.8. The third-order valence-electron chi connectivity index (χ3n) is 4.44. The molecular formula is C18H25N3OS. The van der Waals surface area contributed by atoms with Gasteiger partial charge in [0.15, 0.2) is 0 Å². The van der Waals surface area contributed by atoms with Gasteiger partial charge in [-0.1, -0.05) is 55.9 Å². The Morgan fingerprint density at radius 1 is 1.30 bits per heavy atom. The predicted octanol–water partition coefficient (Wildman–Crippen LogP) is 3.85. The number of rotatable bonds is 7. The molecule has 0 radical (unpaired) electrons. The molecule has 1 aliphatic rings. The van der Waals surface area contributed by atoms with Crippen LogP contribution in [-0.4, -0.2) is 40.5 Å². The second-order valence-electron chi connectivity index (χ2n) is 6.52. The molecule has 0 bridgehead atoms. The van der Waals surface area contributed by atoms with Crippen molar-refractivity contribution >= 4 is 11.8 Å². The van der Waals surface area contributed by atoms with E-state index in [1.807, 2.05) is 6.07 Å². The van der Waals surface area contributed by atoms with Gasteiger partial charge in [0.25, 0.3) is 5.22 Å². The van der Waals surface area contributed by atoms with E-state index in [-0.39, 0.29) is 0 Å². The number of hydrogen-bond acceptors (Lipinski definition) is 5. The number of hydrogen-bond donors (Lipinski definition) is 0. The highest BCUT2D eigenvalue weighted by atomic mass is 32.2. The second kappa shape index (κ2) is 7.97. The molecule has 124 valence electrons. The largest absolute Gasteiger partial charge is 0.416 e. The monoisotopic (exact) mass is 331 g/mol. The average molecular weight is 331 g/mol. The van der Waals surface area contributed by atoms with E-state index in [0.29, 0.717) is 11.1 Å². The average Bonchev–Trinajstić information content (AvgIpc) is 3.17. The molecular weight excluding hydrogens is 306 g/mol. The zero-order chi connectivity index (χ0) is 16.1. The van der Waals surface area contributed by atoms with Crippen molar-refractivity contribution in [1.82, 2.24) is 15.1 Å². The smallest absolute Gasteiger partial charge is 0.276 e. The van der Waals surface area contributed by atoms with E-state index in [0.717, 1.165) is 30.5 Å². The Balaban J connectivity index is 1.44. The molecule has 0 spiro atoms. The first kappa shape index (κ1) is 16.5. The number of aromatic nitrogens is 2. The summed E-state index contributed by atoms with van der Waals surface area (Å²) in [6.07, 6.45) is 2.12. The van der Waals surface area contributed by atoms with Crippen molar-refractivity contribution in [2.45, 2.75) is 37.8 Å². The van der Waals surface area contributed by atoms with Gasteiger partial charge in [0.2, 0.25) is 5.89 Å². The molecule has 2 heterocycles. The summed E-state index contributed by atoms with van der Waals surface area (Å²) in [4.78, 5) is 2.52. The molecule has 1 aromatic heterocycles. The van der Waals surface area contributed by atoms with Gasteiger partial charge >= 0.3 is 0 Å². The Hall–Kier alpha value is -1.33. The molecule has 1 aliphatic heterocycles. The first-order valence-corrected chi connectivity index (χ1v) is 9.41. The first-order chi connectivity index (χ1) is 11.2. The lowest BCUT2D eigenvalue weighted by Crippen LogP contribution is -2.22. The normalized spacial score (nSPS) is 20.0. The molecule has 1 saturated heterocycles. The summed E-state index contributed by atoms with van der Waals surface area (Å²) >= 11 is 1.67. The molecule has 3 rings (SSSR count). The molecule has 2 aromatic rings. The van der Waals surface area contributed by atoms with E-state index in [2.05, 4.69) is 53.2 Å². The summed E-state index contributed by atoms with van der Waals surface area (Å²) in [5.41, 5.74) is 1.31. The molecule has 1 fully saturated rings. The minimum absolute atomic E-state index is 0.389. The molecule has 2 atom stereocenters. The van der Waals surface area contributed by atoms with Crippen LogP contribution in [-0.2, 0) is 6.42 Å². The fourth-order valence-electron chi connectivity index (χ4n) is 3.03. The standard InChI is InChI=1S/C18H25N3OS/c1-14-8-9-21(13-14)10-11-23-18-20-19-17(22-18)12-15(2)16-6-4-3-5-7-16/h3-7,14-15H,8-13H2,1-2H3/t14-,15-/m0/s1. The van der Waals surface area contributed by atoms with Gasteiger partial charge in [0.05, 0.1) is 0 Å². The summed E-state index contributed by atoms with van der Waals surface area (Å²) in [6, 6.07) is 10.5. The molecule has 0 N–H and O–H groups in total. The Bertz CT molecular complexity index is 601. The lowest BCUT2D eigenvalue weighted by molar-refractivity contribution is 0.348. The van der Waals surface area contributed by atoms with Gasteiger partial charge in [-0.05, 0) is 30.4 Å². The third-order valence-corrected chi connectivity index (χ3v) is 5.24. The van der Waals surface area contributed by atoms with Gasteiger partial charge in [0.1, 0.15) is 0 Å². The maximum Gasteiger partial charge on any atom is 0.276 e. The van der Waals surface area contributed by atoms with Crippen LogP contribution in [0.15, 0.2) is 40.0 Å². The summed E-state index contributed by atoms with van der Waals surface area (Å²) in [5.74, 6) is 2.98. The summed E-state index contributed by atoms with van der Waals surface area (Å²) < 4.78 is 5.78. The SMILES string of the molecule is C[C@H]1CCN(CCSc2nnc(C[C@H](C)c3ccccc3)o2)C1. The second-order valence-corrected chi connectivity index (χ2v) is 7.57. The molecule has 0 unspecified atom stereocenters. The number of thioether (sulfide) groups is 1. The van der Waals surface area contributed by atoms with Crippen LogP contribution in [0.25, 0.3) is 0 Å². The van der Waals surface area contributed by atoms with Crippen LogP contribution in [0.3, 0.4) is 0 Å². The molecule has 5 heteroatoms. The minimum Gasteiger partial charge on any atom is -0.416 e. The minimum atomic E-state index is 0.389. The van der Waals surface area contributed by atoms with Crippen molar-refractivity contribution in [1.29, 1.82) is 0 Å². The van der Waals surface area contributed by atoms with Gasteiger partial charge in [-0.3, -0.25) is 0 Å². The Morgan fingerprint density at radius 2 is 2.13 bits per heavy atom. The van der Waals surface area contributed by atoms with Gasteiger partial charge in [0, 0.05) is 25.3 Å². The van der Waals surface area contributed by atoms with E-state index in [4.69, 9.17) is 4.42 Å². The highest BCUT2D eigenvalue weighted by Crippen LogP contribution is 2.23. The van der Waals surface area contributed by atoms with Crippen molar-refractivity contribution in [3.8, 4) is 0 Å². The van der Waals surface area contributed by atoms with Gasteiger partial charge in [-0.25, -0.2) is 0 Å². The summed E-state index contributed by atoms with van der Waals surface area (Å²) in [6.45, 7) is 8.08. The maximum absolute atomic E-state index is 5.78. The Kier molecular flexibility index (Phi) is 5.73. The van der Waals surface area contributed by atoms with E-state index in [9.17, 15) is 0 Å². The van der Waals surface area contributed by atoms with E-state index in [1.165, 1.54) is 25.1 Å². The van der Waals surface area contributed by atoms with Crippen molar-refractivity contribution in [3.05, 3.63) is 41.8 Å². The summed E-state index contributed by atoms with van der Waals surface area (Å²) in [5, 5.41) is 9.06. The molecule has 0 aliphatic carbocycles. The number of likely N-dealkylation sites (tertiary alicyclic amines) is 1. The van der Waals surface area contributed by atoms with Crippen LogP contribution < -0.4 is 0 Å². The van der Waals surface area contributed by atoms with E-state index in [1.54, 1.807) is 11.8 Å². The zero-order valence-electron chi connectivity index (χ0n) is 13.9. The van der Waals surface area contributed by atoms with Gasteiger partial charge < -0.3 is 9.32 Å². The first-order valence-electron chi connectivity index (χ1n) is 8.43. The highest BCUT2D eigenvalue weighted by molar-refractivity contribution is 7.99. The predicted molar refractivity (Wildman–Crippen MR) is 93.8 cm³/mol. The fraction of sp³-hybridized carbons (Fsp3) is 0.556. The Morgan fingerprint density at radius 3 is 2.87 bits per heavy atom. The molecule has 0 amide bonds. The fourth-order valence-corrected chi connectivity index (χ4v) is 3.81. The van der Waals surface area contributed by atoms with Crippen LogP contribution in [0.2, 0.25) is 0 Å². The van der Waals surface area contributed by atoms with Gasteiger partial charge in [-0.15, -0.1) is 10.2 Å². The van der Waals surface area contributed by atoms with Crippen molar-refractivity contribution in [3.63, 3.8) is 0 Å². The molecule has 0 saturated carbocycles. The lowest BCUT2D eigenvalue weighted by atomic mass is 9.98. The number of benzene rings is 1. The lowest BCUT2D eigenvalue weighted by Gasteiger charge is -2.13. The number of nitrogens with zero attached hydrogens (tertiary/aromatic N) is 3. The van der Waals surface area contributed by atoms with Crippen LogP contribution in [0.4, 0.5) is 0 Å². The quantitative estimate of drug-likeness (QED) is 0.721. The molecule has 23 heavy (non-hydrogen) atoms. The third kappa shape index (κ3) is 4.82. The van der Waals surface area contributed by atoms with Crippen LogP contribution in [0.5, 0.6) is 0 Å². The van der Waals surface area contributed by atoms with Gasteiger partial charge in [-0.2, -0.15) is 0 Å². The highest BCUT2D eigenvalue weighted by Gasteiger charge is 2.18. The van der Waals surface area contributed by atoms with E-state index < -0.39 is 0 Å². The van der Waals surface area contributed by atoms with Crippen LogP contribution in [0.1, 0.15) is 37.6 Å². The summed E-state index contributed by atoms with van der Waals surface area (Å²) in [7, 11) is 0. The van der Waals surface area contributed by atoms with Crippen molar-refractivity contribution in [2.75, 3.05) is 25.4 Å². The Labute approximate surface area is 142 Å².